The van der Waals surface area contributed by atoms with Gasteiger partial charge in [-0.2, -0.15) is 0 Å². The van der Waals surface area contributed by atoms with Crippen LogP contribution in [0.5, 0.6) is 23.0 Å². The van der Waals surface area contributed by atoms with Crippen LogP contribution in [0.25, 0.3) is 22.1 Å². The molecule has 25 heavy (non-hydrogen) atoms. The Hall–Kier alpha value is -3.48. The zero-order chi connectivity index (χ0) is 18.1. The molecular formula is C18H14O7. The summed E-state index contributed by atoms with van der Waals surface area (Å²) in [6, 6.07) is 7.09. The van der Waals surface area contributed by atoms with E-state index in [9.17, 15) is 19.8 Å². The van der Waals surface area contributed by atoms with E-state index in [1.165, 1.54) is 32.4 Å². The number of aromatic hydroxyl groups is 2. The summed E-state index contributed by atoms with van der Waals surface area (Å²) in [6.07, 6.45) is 1.22. The maximum absolute atomic E-state index is 12.8. The van der Waals surface area contributed by atoms with Gasteiger partial charge in [-0.3, -0.25) is 9.59 Å². The number of carbonyl (C=O) groups excluding carboxylic acids is 1. The first kappa shape index (κ1) is 16.4. The van der Waals surface area contributed by atoms with Crippen LogP contribution in [0.3, 0.4) is 0 Å². The molecule has 0 fully saturated rings. The van der Waals surface area contributed by atoms with Crippen molar-refractivity contribution in [2.24, 2.45) is 0 Å². The highest BCUT2D eigenvalue weighted by Crippen LogP contribution is 2.40. The Bertz CT molecular complexity index is 1020. The Morgan fingerprint density at radius 2 is 1.84 bits per heavy atom. The van der Waals surface area contributed by atoms with Gasteiger partial charge < -0.3 is 24.1 Å². The van der Waals surface area contributed by atoms with Gasteiger partial charge in [0.1, 0.15) is 23.1 Å². The number of ether oxygens (including phenoxy) is 2. The van der Waals surface area contributed by atoms with Gasteiger partial charge in [0.05, 0.1) is 12.7 Å². The van der Waals surface area contributed by atoms with Gasteiger partial charge in [-0.05, 0) is 17.7 Å². The minimum absolute atomic E-state index is 0.0253. The van der Waals surface area contributed by atoms with Crippen LogP contribution in [0.2, 0.25) is 0 Å². The molecule has 0 aliphatic carbocycles. The molecule has 0 radical (unpaired) electrons. The van der Waals surface area contributed by atoms with Gasteiger partial charge in [-0.1, -0.05) is 12.1 Å². The van der Waals surface area contributed by atoms with E-state index in [0.717, 1.165) is 6.07 Å². The van der Waals surface area contributed by atoms with E-state index < -0.39 is 17.1 Å². The van der Waals surface area contributed by atoms with Gasteiger partial charge in [0.25, 0.3) is 0 Å². The lowest BCUT2D eigenvalue weighted by atomic mass is 10.0. The topological polar surface area (TPSA) is 106 Å². The van der Waals surface area contributed by atoms with Crippen LogP contribution in [0.4, 0.5) is 0 Å². The maximum Gasteiger partial charge on any atom is 0.308 e. The lowest BCUT2D eigenvalue weighted by Gasteiger charge is -2.12. The molecule has 0 aliphatic heterocycles. The van der Waals surface area contributed by atoms with E-state index in [0.29, 0.717) is 5.56 Å². The van der Waals surface area contributed by atoms with Crippen LogP contribution in [-0.2, 0) is 4.79 Å². The van der Waals surface area contributed by atoms with Crippen LogP contribution in [-0.4, -0.2) is 23.3 Å². The van der Waals surface area contributed by atoms with Crippen LogP contribution in [0.1, 0.15) is 6.92 Å². The lowest BCUT2D eigenvalue weighted by Crippen LogP contribution is -2.08. The molecule has 0 saturated carbocycles. The fourth-order valence-corrected chi connectivity index (χ4v) is 2.51. The first-order valence-corrected chi connectivity index (χ1v) is 7.25. The average molecular weight is 342 g/mol. The number of rotatable bonds is 3. The fraction of sp³-hybridized carbons (Fsp3) is 0.111. The number of benzene rings is 2. The quantitative estimate of drug-likeness (QED) is 0.557. The normalized spacial score (nSPS) is 10.6. The predicted octanol–water partition coefficient (Wildman–Crippen LogP) is 2.81. The van der Waals surface area contributed by atoms with Gasteiger partial charge in [-0.15, -0.1) is 0 Å². The number of methoxy groups -OCH3 is 1. The Morgan fingerprint density at radius 1 is 1.16 bits per heavy atom. The minimum Gasteiger partial charge on any atom is -0.508 e. The molecule has 1 aromatic heterocycles. The van der Waals surface area contributed by atoms with E-state index in [1.807, 2.05) is 0 Å². The van der Waals surface area contributed by atoms with Gasteiger partial charge in [0, 0.05) is 13.0 Å². The number of hydrogen-bond acceptors (Lipinski definition) is 7. The molecule has 0 unspecified atom stereocenters. The summed E-state index contributed by atoms with van der Waals surface area (Å²) in [5.74, 6) is -0.983. The molecule has 2 N–H and O–H groups in total. The van der Waals surface area contributed by atoms with Crippen molar-refractivity contribution in [2.75, 3.05) is 7.11 Å². The van der Waals surface area contributed by atoms with Crippen molar-refractivity contribution in [3.63, 3.8) is 0 Å². The first-order chi connectivity index (χ1) is 11.9. The van der Waals surface area contributed by atoms with E-state index >= 15 is 0 Å². The summed E-state index contributed by atoms with van der Waals surface area (Å²) in [5.41, 5.74) is 0.185. The van der Waals surface area contributed by atoms with Gasteiger partial charge in [0.15, 0.2) is 11.3 Å². The lowest BCUT2D eigenvalue weighted by molar-refractivity contribution is -0.131. The fourth-order valence-electron chi connectivity index (χ4n) is 2.51. The van der Waals surface area contributed by atoms with Crippen LogP contribution >= 0.6 is 0 Å². The zero-order valence-corrected chi connectivity index (χ0v) is 13.4. The van der Waals surface area contributed by atoms with Crippen molar-refractivity contribution in [3.8, 4) is 34.1 Å². The Labute approximate surface area is 141 Å². The highest BCUT2D eigenvalue weighted by Gasteiger charge is 2.21. The summed E-state index contributed by atoms with van der Waals surface area (Å²) in [6.45, 7) is 1.20. The molecule has 0 spiro atoms. The van der Waals surface area contributed by atoms with Gasteiger partial charge in [-0.25, -0.2) is 0 Å². The Morgan fingerprint density at radius 3 is 2.44 bits per heavy atom. The number of phenols is 2. The molecule has 3 aromatic rings. The van der Waals surface area contributed by atoms with Crippen molar-refractivity contribution in [2.45, 2.75) is 6.92 Å². The third-order valence-electron chi connectivity index (χ3n) is 3.58. The summed E-state index contributed by atoms with van der Waals surface area (Å²) >= 11 is 0. The minimum atomic E-state index is -0.611. The number of esters is 1. The van der Waals surface area contributed by atoms with E-state index in [-0.39, 0.29) is 33.8 Å². The van der Waals surface area contributed by atoms with Crippen LogP contribution in [0, 0.1) is 0 Å². The Kier molecular flexibility index (Phi) is 4.06. The molecule has 0 saturated heterocycles. The largest absolute Gasteiger partial charge is 0.508 e. The van der Waals surface area contributed by atoms with Crippen LogP contribution in [0.15, 0.2) is 45.8 Å². The molecular weight excluding hydrogens is 328 g/mol. The molecule has 1 heterocycles. The third kappa shape index (κ3) is 2.87. The van der Waals surface area contributed by atoms with Crippen molar-refractivity contribution in [3.05, 3.63) is 46.8 Å². The van der Waals surface area contributed by atoms with E-state index in [4.69, 9.17) is 13.9 Å². The predicted molar refractivity (Wildman–Crippen MR) is 89.1 cm³/mol. The van der Waals surface area contributed by atoms with Crippen molar-refractivity contribution >= 4 is 16.9 Å². The maximum atomic E-state index is 12.8. The second-order valence-electron chi connectivity index (χ2n) is 5.25. The standard InChI is InChI=1S/C18H14O7/c1-9(19)25-14-7-13(21)15-16(22)12(8-24-18(15)17(14)23-2)10-3-5-11(20)6-4-10/h3-8,20-21H,1-2H3. The second-order valence-corrected chi connectivity index (χ2v) is 5.25. The smallest absolute Gasteiger partial charge is 0.308 e. The molecule has 7 heteroatoms. The molecule has 128 valence electrons. The SMILES string of the molecule is COc1c(OC(C)=O)cc(O)c2c(=O)c(-c3ccc(O)cc3)coc12. The second kappa shape index (κ2) is 6.20. The molecule has 0 aliphatic rings. The summed E-state index contributed by atoms with van der Waals surface area (Å²) < 4.78 is 15.7. The number of hydrogen-bond donors (Lipinski definition) is 2. The monoisotopic (exact) mass is 342 g/mol. The number of fused-ring (bicyclic) bond motifs is 1. The van der Waals surface area contributed by atoms with Crippen molar-refractivity contribution in [1.29, 1.82) is 0 Å². The zero-order valence-electron chi connectivity index (χ0n) is 13.4. The van der Waals surface area contributed by atoms with Gasteiger partial charge >= 0.3 is 5.97 Å². The van der Waals surface area contributed by atoms with Gasteiger partial charge in [0.2, 0.25) is 11.2 Å². The highest BCUT2D eigenvalue weighted by molar-refractivity contribution is 5.93. The molecule has 0 amide bonds. The van der Waals surface area contributed by atoms with Crippen LogP contribution < -0.4 is 14.9 Å². The summed E-state index contributed by atoms with van der Waals surface area (Å²) in [5, 5.41) is 19.5. The van der Waals surface area contributed by atoms with Crippen molar-refractivity contribution < 1.29 is 28.9 Å². The summed E-state index contributed by atoms with van der Waals surface area (Å²) in [4.78, 5) is 24.0. The van der Waals surface area contributed by atoms with E-state index in [1.54, 1.807) is 12.1 Å². The molecule has 0 bridgehead atoms. The summed E-state index contributed by atoms with van der Waals surface area (Å²) in [7, 11) is 1.33. The highest BCUT2D eigenvalue weighted by atomic mass is 16.6. The Balaban J connectivity index is 2.29. The first-order valence-electron chi connectivity index (χ1n) is 7.25. The average Bonchev–Trinajstić information content (AvgIpc) is 2.55. The third-order valence-corrected chi connectivity index (χ3v) is 3.58. The number of phenolic OH excluding ortho intramolecular Hbond substituents is 2. The van der Waals surface area contributed by atoms with Crippen molar-refractivity contribution in [1.82, 2.24) is 0 Å². The van der Waals surface area contributed by atoms with E-state index in [2.05, 4.69) is 0 Å². The molecule has 0 atom stereocenters. The number of carbonyl (C=O) groups is 1. The molecule has 2 aromatic carbocycles. The molecule has 7 nitrogen and oxygen atoms in total. The molecule has 3 rings (SSSR count).